The molecule has 0 unspecified atom stereocenters. The van der Waals surface area contributed by atoms with Crippen molar-refractivity contribution in [2.24, 2.45) is 0 Å². The van der Waals surface area contributed by atoms with Gasteiger partial charge in [0.1, 0.15) is 0 Å². The lowest BCUT2D eigenvalue weighted by molar-refractivity contribution is -0.163. The van der Waals surface area contributed by atoms with Gasteiger partial charge in [-0.25, -0.2) is 0 Å². The largest absolute Gasteiger partial charge is 0.481 e. The standard InChI is InChI=1S/C11H20O4.C11H20O3S.C6H14O.C5H6O3.CH4/c1-2-3-4-5-9-15-11(14)8-6-7-10(12)13;1-2-3-4-5-9-14-10(12)7-6-8-11(13)15;1-2-3-4-5-6-7;6-4-2-1-3-5(7)8-4;/h2-9H2,1H3,(H,12,13);2-9H2,1H3,(H,13,15);7H,2-6H2,1H3;1-3H2;1H4. The van der Waals surface area contributed by atoms with E-state index in [4.69, 9.17) is 19.7 Å². The quantitative estimate of drug-likeness (QED) is 0.0339. The lowest BCUT2D eigenvalue weighted by Crippen LogP contribution is -2.17. The van der Waals surface area contributed by atoms with E-state index in [-0.39, 0.29) is 49.3 Å². The maximum atomic E-state index is 11.1. The third kappa shape index (κ3) is 48.4. The molecule has 0 bridgehead atoms. The van der Waals surface area contributed by atoms with Gasteiger partial charge in [-0.1, -0.05) is 86.0 Å². The third-order valence-electron chi connectivity index (χ3n) is 6.07. The van der Waals surface area contributed by atoms with Crippen LogP contribution in [0.5, 0.6) is 0 Å². The number of carbonyl (C=O) groups excluding carboxylic acids is 5. The van der Waals surface area contributed by atoms with Gasteiger partial charge in [0.2, 0.25) is 0 Å². The molecule has 1 saturated heterocycles. The lowest BCUT2D eigenvalue weighted by atomic mass is 10.2. The number of aliphatic carboxylic acids is 1. The molecule has 1 heterocycles. The maximum absolute atomic E-state index is 11.1. The van der Waals surface area contributed by atoms with E-state index in [2.05, 4.69) is 38.1 Å². The molecule has 0 saturated carbocycles. The highest BCUT2D eigenvalue weighted by Gasteiger charge is 2.16. The first kappa shape index (κ1) is 50.4. The fourth-order valence-electron chi connectivity index (χ4n) is 3.49. The van der Waals surface area contributed by atoms with Crippen LogP contribution in [0.25, 0.3) is 0 Å². The van der Waals surface area contributed by atoms with Crippen molar-refractivity contribution in [2.45, 2.75) is 163 Å². The molecule has 2 N–H and O–H groups in total. The summed E-state index contributed by atoms with van der Waals surface area (Å²) in [5.41, 5.74) is 0. The van der Waals surface area contributed by atoms with Crippen molar-refractivity contribution >= 4 is 47.6 Å². The number of esters is 4. The molecule has 12 heteroatoms. The number of hydrogen-bond donors (Lipinski definition) is 3. The second-order valence-corrected chi connectivity index (χ2v) is 11.0. The highest BCUT2D eigenvalue weighted by Crippen LogP contribution is 2.06. The van der Waals surface area contributed by atoms with Crippen LogP contribution in [0.3, 0.4) is 0 Å². The zero-order valence-electron chi connectivity index (χ0n) is 28.0. The topological polar surface area (TPSA) is 171 Å². The Morgan fingerprint density at radius 1 is 0.652 bits per heavy atom. The number of cyclic esters (lactones) is 2. The highest BCUT2D eigenvalue weighted by atomic mass is 32.1. The smallest absolute Gasteiger partial charge is 0.313 e. The zero-order chi connectivity index (χ0) is 34.6. The van der Waals surface area contributed by atoms with Gasteiger partial charge in [-0.3, -0.25) is 28.8 Å². The van der Waals surface area contributed by atoms with Crippen LogP contribution in [0.15, 0.2) is 0 Å². The number of rotatable bonds is 22. The zero-order valence-corrected chi connectivity index (χ0v) is 28.9. The highest BCUT2D eigenvalue weighted by molar-refractivity contribution is 7.96. The number of carboxylic acid groups (broad SMARTS) is 1. The Kier molecular flexibility index (Phi) is 44.4. The first-order valence-electron chi connectivity index (χ1n) is 16.6. The van der Waals surface area contributed by atoms with E-state index in [9.17, 15) is 28.8 Å². The van der Waals surface area contributed by atoms with E-state index in [1.165, 1.54) is 32.1 Å². The Balaban J connectivity index is -0.000000266. The number of aliphatic hydroxyl groups excluding tert-OH is 1. The lowest BCUT2D eigenvalue weighted by Gasteiger charge is -2.06. The SMILES string of the molecule is C.CCCCCCO.CCCCCCOC(=O)CCCC(=O)O.CCCCCCOC(=O)CCCC(=O)S.O=C1CCCC(=O)O1. The Bertz CT molecular complexity index is 712. The molecule has 0 spiro atoms. The van der Waals surface area contributed by atoms with Crippen molar-refractivity contribution < 1.29 is 53.2 Å². The number of thiol groups is 1. The number of unbranched alkanes of at least 4 members (excludes halogenated alkanes) is 9. The molecule has 0 aromatic carbocycles. The number of hydrogen-bond acceptors (Lipinski definition) is 10. The van der Waals surface area contributed by atoms with Gasteiger partial charge in [-0.2, -0.15) is 0 Å². The first-order valence-corrected chi connectivity index (χ1v) is 17.1. The van der Waals surface area contributed by atoms with Crippen molar-refractivity contribution in [3.63, 3.8) is 0 Å². The summed E-state index contributed by atoms with van der Waals surface area (Å²) < 4.78 is 14.1. The van der Waals surface area contributed by atoms with Gasteiger partial charge >= 0.3 is 29.8 Å². The monoisotopic (exact) mass is 680 g/mol. The van der Waals surface area contributed by atoms with Crippen molar-refractivity contribution in [1.82, 2.24) is 0 Å². The second kappa shape index (κ2) is 40.6. The third-order valence-corrected chi connectivity index (χ3v) is 6.29. The van der Waals surface area contributed by atoms with Crippen molar-refractivity contribution in [1.29, 1.82) is 0 Å². The van der Waals surface area contributed by atoms with Gasteiger partial charge in [-0.15, -0.1) is 12.6 Å². The van der Waals surface area contributed by atoms with Crippen LogP contribution in [0, 0.1) is 0 Å². The Labute approximate surface area is 283 Å². The summed E-state index contributed by atoms with van der Waals surface area (Å²) >= 11 is 3.62. The number of ether oxygens (including phenoxy) is 3. The van der Waals surface area contributed by atoms with E-state index >= 15 is 0 Å². The Morgan fingerprint density at radius 2 is 1.07 bits per heavy atom. The molecular weight excluding hydrogens is 616 g/mol. The number of carboxylic acids is 1. The summed E-state index contributed by atoms with van der Waals surface area (Å²) in [4.78, 5) is 63.2. The molecule has 0 aliphatic carbocycles. The van der Waals surface area contributed by atoms with E-state index in [0.717, 1.165) is 44.9 Å². The second-order valence-electron chi connectivity index (χ2n) is 10.5. The Hall–Kier alpha value is -2.47. The van der Waals surface area contributed by atoms with E-state index < -0.39 is 5.97 Å². The Morgan fingerprint density at radius 3 is 1.39 bits per heavy atom. The summed E-state index contributed by atoms with van der Waals surface area (Å²) in [5, 5.41) is 16.5. The minimum Gasteiger partial charge on any atom is -0.481 e. The van der Waals surface area contributed by atoms with Crippen LogP contribution in [-0.2, 0) is 43.0 Å². The van der Waals surface area contributed by atoms with E-state index in [0.29, 0.717) is 64.8 Å². The van der Waals surface area contributed by atoms with Gasteiger partial charge in [0.15, 0.2) is 5.12 Å². The predicted molar refractivity (Wildman–Crippen MR) is 182 cm³/mol. The molecule has 0 atom stereocenters. The van der Waals surface area contributed by atoms with E-state index in [1.54, 1.807) is 0 Å². The van der Waals surface area contributed by atoms with E-state index in [1.807, 2.05) is 0 Å². The fraction of sp³-hybridized carbons (Fsp3) is 0.824. The van der Waals surface area contributed by atoms with Gasteiger partial charge in [0.05, 0.1) is 13.2 Å². The van der Waals surface area contributed by atoms with Gasteiger partial charge in [0, 0.05) is 45.1 Å². The molecule has 0 aromatic heterocycles. The van der Waals surface area contributed by atoms with Gasteiger partial charge in [0.25, 0.3) is 0 Å². The number of carbonyl (C=O) groups is 6. The number of aliphatic hydroxyl groups is 1. The van der Waals surface area contributed by atoms with Gasteiger partial charge < -0.3 is 24.4 Å². The maximum Gasteiger partial charge on any atom is 0.313 e. The summed E-state index contributed by atoms with van der Waals surface area (Å²) in [5.74, 6) is -2.14. The average Bonchev–Trinajstić information content (AvgIpc) is 2.98. The molecule has 11 nitrogen and oxygen atoms in total. The molecule has 1 fully saturated rings. The van der Waals surface area contributed by atoms with Crippen LogP contribution >= 0.6 is 12.6 Å². The van der Waals surface area contributed by atoms with Crippen LogP contribution in [0.4, 0.5) is 0 Å². The van der Waals surface area contributed by atoms with Crippen molar-refractivity contribution in [2.75, 3.05) is 19.8 Å². The summed E-state index contributed by atoms with van der Waals surface area (Å²) in [6, 6.07) is 0. The molecule has 1 rings (SSSR count). The van der Waals surface area contributed by atoms with Crippen molar-refractivity contribution in [3.05, 3.63) is 0 Å². The molecular formula is C34H64O11S. The molecule has 1 aliphatic heterocycles. The summed E-state index contributed by atoms with van der Waals surface area (Å²) in [6.07, 6.45) is 16.6. The summed E-state index contributed by atoms with van der Waals surface area (Å²) in [7, 11) is 0. The van der Waals surface area contributed by atoms with Crippen molar-refractivity contribution in [3.8, 4) is 0 Å². The van der Waals surface area contributed by atoms with Crippen LogP contribution in [-0.4, -0.2) is 65.0 Å². The first-order chi connectivity index (χ1) is 21.5. The molecule has 272 valence electrons. The fourth-order valence-corrected chi connectivity index (χ4v) is 3.64. The predicted octanol–water partition coefficient (Wildman–Crippen LogP) is 7.54. The molecule has 46 heavy (non-hydrogen) atoms. The minimum absolute atomic E-state index is 0. The van der Waals surface area contributed by atoms with Gasteiger partial charge in [-0.05, 0) is 38.5 Å². The minimum atomic E-state index is -0.870. The molecule has 1 aliphatic rings. The molecule has 0 aromatic rings. The van der Waals surface area contributed by atoms with Crippen LogP contribution in [0.1, 0.15) is 163 Å². The average molecular weight is 681 g/mol. The van der Waals surface area contributed by atoms with Crippen LogP contribution in [0.2, 0.25) is 0 Å². The normalized spacial score (nSPS) is 11.5. The molecule has 0 radical (unpaired) electrons. The van der Waals surface area contributed by atoms with Crippen LogP contribution < -0.4 is 0 Å². The summed E-state index contributed by atoms with van der Waals surface area (Å²) in [6.45, 7) is 7.76. The molecule has 0 amide bonds.